The number of aromatic amines is 1. The summed E-state index contributed by atoms with van der Waals surface area (Å²) in [6.07, 6.45) is 2.88. The molecule has 4 heteroatoms. The van der Waals surface area contributed by atoms with Crippen molar-refractivity contribution in [3.63, 3.8) is 0 Å². The summed E-state index contributed by atoms with van der Waals surface area (Å²) in [5.74, 6) is 2.36. The Morgan fingerprint density at radius 3 is 3.22 bits per heavy atom. The third-order valence-electron chi connectivity index (χ3n) is 3.28. The number of H-pyrrole nitrogens is 1. The van der Waals surface area contributed by atoms with Crippen molar-refractivity contribution in [3.8, 4) is 5.75 Å². The molecule has 0 aliphatic carbocycles. The number of nitrogens with zero attached hydrogens (tertiary/aromatic N) is 1. The van der Waals surface area contributed by atoms with Crippen LogP contribution in [-0.4, -0.2) is 23.6 Å². The fraction of sp³-hybridized carbons (Fsp3) is 0.357. The Hall–Kier alpha value is -1.81. The van der Waals surface area contributed by atoms with Crippen LogP contribution in [0.2, 0.25) is 0 Å². The van der Waals surface area contributed by atoms with Crippen LogP contribution in [0.25, 0.3) is 0 Å². The molecule has 4 nitrogen and oxygen atoms in total. The third-order valence-corrected chi connectivity index (χ3v) is 3.28. The number of aromatic nitrogens is 2. The molecule has 1 aliphatic rings. The van der Waals surface area contributed by atoms with E-state index in [-0.39, 0.29) is 0 Å². The van der Waals surface area contributed by atoms with Gasteiger partial charge in [0.2, 0.25) is 0 Å². The SMILES string of the molecule is CNCc1cnc(C2COc3ccccc3C2)[nH]1. The first-order valence-electron chi connectivity index (χ1n) is 6.26. The minimum atomic E-state index is 0.325. The van der Waals surface area contributed by atoms with Crippen molar-refractivity contribution in [2.45, 2.75) is 18.9 Å². The molecule has 1 unspecified atom stereocenters. The van der Waals surface area contributed by atoms with Gasteiger partial charge in [0.05, 0.1) is 12.5 Å². The average Bonchev–Trinajstić information content (AvgIpc) is 2.87. The molecule has 94 valence electrons. The van der Waals surface area contributed by atoms with Crippen molar-refractivity contribution in [3.05, 3.63) is 47.5 Å². The fourth-order valence-electron chi connectivity index (χ4n) is 2.37. The lowest BCUT2D eigenvalue weighted by Gasteiger charge is -2.23. The van der Waals surface area contributed by atoms with Crippen molar-refractivity contribution in [1.29, 1.82) is 0 Å². The minimum Gasteiger partial charge on any atom is -0.493 e. The van der Waals surface area contributed by atoms with Gasteiger partial charge in [0.1, 0.15) is 11.6 Å². The first-order chi connectivity index (χ1) is 8.86. The minimum absolute atomic E-state index is 0.325. The van der Waals surface area contributed by atoms with Gasteiger partial charge in [-0.2, -0.15) is 0 Å². The number of ether oxygens (including phenoxy) is 1. The first kappa shape index (κ1) is 11.3. The molecular weight excluding hydrogens is 226 g/mol. The zero-order valence-electron chi connectivity index (χ0n) is 10.4. The maximum atomic E-state index is 5.78. The Balaban J connectivity index is 1.78. The number of benzene rings is 1. The molecule has 0 bridgehead atoms. The molecule has 0 radical (unpaired) electrons. The van der Waals surface area contributed by atoms with Crippen molar-refractivity contribution in [1.82, 2.24) is 15.3 Å². The summed E-state index contributed by atoms with van der Waals surface area (Å²) < 4.78 is 5.78. The van der Waals surface area contributed by atoms with E-state index in [1.165, 1.54) is 5.56 Å². The summed E-state index contributed by atoms with van der Waals surface area (Å²) in [6, 6.07) is 8.22. The topological polar surface area (TPSA) is 49.9 Å². The highest BCUT2D eigenvalue weighted by Gasteiger charge is 2.23. The molecule has 0 spiro atoms. The normalized spacial score (nSPS) is 18.2. The van der Waals surface area contributed by atoms with Crippen molar-refractivity contribution >= 4 is 0 Å². The van der Waals surface area contributed by atoms with E-state index in [0.29, 0.717) is 12.5 Å². The summed E-state index contributed by atoms with van der Waals surface area (Å²) in [4.78, 5) is 7.82. The maximum Gasteiger partial charge on any atom is 0.122 e. The number of rotatable bonds is 3. The van der Waals surface area contributed by atoms with Crippen LogP contribution in [-0.2, 0) is 13.0 Å². The van der Waals surface area contributed by atoms with Crippen LogP contribution in [0.5, 0.6) is 5.75 Å². The standard InChI is InChI=1S/C14H17N3O/c1-15-7-12-8-16-14(17-12)11-6-10-4-2-3-5-13(10)18-9-11/h2-5,8,11,15H,6-7,9H2,1H3,(H,16,17). The Labute approximate surface area is 106 Å². The van der Waals surface area contributed by atoms with E-state index >= 15 is 0 Å². The fourth-order valence-corrected chi connectivity index (χ4v) is 2.37. The molecule has 0 fully saturated rings. The number of fused-ring (bicyclic) bond motifs is 1. The molecular formula is C14H17N3O. The van der Waals surface area contributed by atoms with E-state index in [1.54, 1.807) is 0 Å². The summed E-state index contributed by atoms with van der Waals surface area (Å²) in [6.45, 7) is 1.51. The van der Waals surface area contributed by atoms with Gasteiger partial charge in [0, 0.05) is 18.4 Å². The number of para-hydroxylation sites is 1. The lowest BCUT2D eigenvalue weighted by Crippen LogP contribution is -2.20. The molecule has 0 amide bonds. The van der Waals surface area contributed by atoms with Gasteiger partial charge < -0.3 is 15.0 Å². The van der Waals surface area contributed by atoms with Gasteiger partial charge in [-0.25, -0.2) is 4.98 Å². The first-order valence-corrected chi connectivity index (χ1v) is 6.26. The van der Waals surface area contributed by atoms with Crippen LogP contribution in [0.1, 0.15) is 23.0 Å². The van der Waals surface area contributed by atoms with E-state index in [0.717, 1.165) is 30.2 Å². The Morgan fingerprint density at radius 1 is 1.44 bits per heavy atom. The third kappa shape index (κ3) is 2.11. The van der Waals surface area contributed by atoms with Gasteiger partial charge in [-0.15, -0.1) is 0 Å². The molecule has 1 aromatic heterocycles. The number of hydrogen-bond acceptors (Lipinski definition) is 3. The van der Waals surface area contributed by atoms with E-state index in [2.05, 4.69) is 27.4 Å². The molecule has 2 N–H and O–H groups in total. The van der Waals surface area contributed by atoms with E-state index in [1.807, 2.05) is 25.4 Å². The van der Waals surface area contributed by atoms with Crippen molar-refractivity contribution < 1.29 is 4.74 Å². The van der Waals surface area contributed by atoms with Gasteiger partial charge >= 0.3 is 0 Å². The van der Waals surface area contributed by atoms with Gasteiger partial charge in [0.15, 0.2) is 0 Å². The van der Waals surface area contributed by atoms with Gasteiger partial charge in [0.25, 0.3) is 0 Å². The summed E-state index contributed by atoms with van der Waals surface area (Å²) in [7, 11) is 1.93. The quantitative estimate of drug-likeness (QED) is 0.865. The largest absolute Gasteiger partial charge is 0.493 e. The van der Waals surface area contributed by atoms with E-state index in [9.17, 15) is 0 Å². The van der Waals surface area contributed by atoms with E-state index < -0.39 is 0 Å². The second kappa shape index (κ2) is 4.82. The van der Waals surface area contributed by atoms with Crippen LogP contribution in [0.4, 0.5) is 0 Å². The lowest BCUT2D eigenvalue weighted by molar-refractivity contribution is 0.258. The Kier molecular flexibility index (Phi) is 3.02. The maximum absolute atomic E-state index is 5.78. The molecule has 18 heavy (non-hydrogen) atoms. The lowest BCUT2D eigenvalue weighted by atomic mass is 9.96. The van der Waals surface area contributed by atoms with Crippen molar-refractivity contribution in [2.24, 2.45) is 0 Å². The molecule has 2 aromatic rings. The zero-order chi connectivity index (χ0) is 12.4. The number of imidazole rings is 1. The van der Waals surface area contributed by atoms with Crippen LogP contribution >= 0.6 is 0 Å². The van der Waals surface area contributed by atoms with E-state index in [4.69, 9.17) is 4.74 Å². The van der Waals surface area contributed by atoms with Gasteiger partial charge in [-0.3, -0.25) is 0 Å². The second-order valence-electron chi connectivity index (χ2n) is 4.64. The molecule has 2 heterocycles. The predicted molar refractivity (Wildman–Crippen MR) is 69.7 cm³/mol. The van der Waals surface area contributed by atoms with Crippen LogP contribution in [0.15, 0.2) is 30.5 Å². The zero-order valence-corrected chi connectivity index (χ0v) is 10.4. The van der Waals surface area contributed by atoms with Crippen LogP contribution < -0.4 is 10.1 Å². The molecule has 3 rings (SSSR count). The van der Waals surface area contributed by atoms with Crippen molar-refractivity contribution in [2.75, 3.05) is 13.7 Å². The average molecular weight is 243 g/mol. The number of hydrogen-bond donors (Lipinski definition) is 2. The van der Waals surface area contributed by atoms with Gasteiger partial charge in [-0.05, 0) is 25.1 Å². The molecule has 1 aromatic carbocycles. The highest BCUT2D eigenvalue weighted by molar-refractivity contribution is 5.36. The Morgan fingerprint density at radius 2 is 2.33 bits per heavy atom. The Bertz CT molecular complexity index is 535. The summed E-state index contributed by atoms with van der Waals surface area (Å²) in [5, 5.41) is 3.11. The van der Waals surface area contributed by atoms with Gasteiger partial charge in [-0.1, -0.05) is 18.2 Å². The summed E-state index contributed by atoms with van der Waals surface area (Å²) >= 11 is 0. The highest BCUT2D eigenvalue weighted by atomic mass is 16.5. The predicted octanol–water partition coefficient (Wildman–Crippen LogP) is 1.85. The van der Waals surface area contributed by atoms with Crippen LogP contribution in [0, 0.1) is 0 Å². The molecule has 0 saturated carbocycles. The highest BCUT2D eigenvalue weighted by Crippen LogP contribution is 2.30. The monoisotopic (exact) mass is 243 g/mol. The number of nitrogens with one attached hydrogen (secondary N) is 2. The molecule has 0 saturated heterocycles. The van der Waals surface area contributed by atoms with Crippen LogP contribution in [0.3, 0.4) is 0 Å². The molecule has 1 atom stereocenters. The second-order valence-corrected chi connectivity index (χ2v) is 4.64. The smallest absolute Gasteiger partial charge is 0.122 e. The molecule has 1 aliphatic heterocycles. The summed E-state index contributed by atoms with van der Waals surface area (Å²) in [5.41, 5.74) is 2.38.